The van der Waals surface area contributed by atoms with Gasteiger partial charge in [0.1, 0.15) is 0 Å². The van der Waals surface area contributed by atoms with Gasteiger partial charge in [-0.15, -0.1) is 17.0 Å². The van der Waals surface area contributed by atoms with Gasteiger partial charge in [-0.3, -0.25) is 4.79 Å². The lowest BCUT2D eigenvalue weighted by atomic mass is 10.1. The summed E-state index contributed by atoms with van der Waals surface area (Å²) in [6.07, 6.45) is 0. The number of anilines is 1. The average molecular weight is 386 g/mol. The molecule has 0 spiro atoms. The molecule has 0 fully saturated rings. The summed E-state index contributed by atoms with van der Waals surface area (Å²) in [5, 5.41) is 2.17. The minimum absolute atomic E-state index is 0. The van der Waals surface area contributed by atoms with Crippen LogP contribution in [0.4, 0.5) is 5.69 Å². The van der Waals surface area contributed by atoms with E-state index in [0.29, 0.717) is 37.8 Å². The molecule has 0 atom stereocenters. The number of hydrogen-bond acceptors (Lipinski definition) is 2. The van der Waals surface area contributed by atoms with Gasteiger partial charge < -0.3 is 10.7 Å². The van der Waals surface area contributed by atoms with Gasteiger partial charge in [-0.1, -0.05) is 35.3 Å². The van der Waals surface area contributed by atoms with Crippen molar-refractivity contribution >= 4 is 56.6 Å². The molecule has 6 heteroatoms. The maximum atomic E-state index is 12.2. The minimum atomic E-state index is -0.221. The van der Waals surface area contributed by atoms with Crippen LogP contribution in [0, 0.1) is 0 Å². The summed E-state index contributed by atoms with van der Waals surface area (Å²) in [6.45, 7) is 0. The summed E-state index contributed by atoms with van der Waals surface area (Å²) in [5.41, 5.74) is 7.40. The molecule has 1 aromatic heterocycles. The zero-order valence-corrected chi connectivity index (χ0v) is 13.9. The van der Waals surface area contributed by atoms with Gasteiger partial charge >= 0.3 is 0 Å². The molecule has 3 N–H and O–H groups in total. The van der Waals surface area contributed by atoms with E-state index in [1.54, 1.807) is 42.5 Å². The largest absolute Gasteiger partial charge is 0.398 e. The second-order valence-corrected chi connectivity index (χ2v) is 5.23. The van der Waals surface area contributed by atoms with Gasteiger partial charge in [0, 0.05) is 22.0 Å². The van der Waals surface area contributed by atoms with Gasteiger partial charge in [-0.25, -0.2) is 0 Å². The van der Waals surface area contributed by atoms with Gasteiger partial charge in [0.15, 0.2) is 0 Å². The zero-order chi connectivity index (χ0) is 14.3. The number of hydrogen-bond donors (Lipinski definition) is 2. The van der Waals surface area contributed by atoms with Crippen LogP contribution in [0.1, 0.15) is 0 Å². The Labute approximate surface area is 141 Å². The number of halogens is 3. The van der Waals surface area contributed by atoms with E-state index in [2.05, 4.69) is 4.98 Å². The van der Waals surface area contributed by atoms with Gasteiger partial charge in [-0.05, 0) is 30.3 Å². The molecular weight excluding hydrogens is 375 g/mol. The van der Waals surface area contributed by atoms with Crippen molar-refractivity contribution in [1.29, 1.82) is 0 Å². The van der Waals surface area contributed by atoms with Crippen LogP contribution in [0.15, 0.2) is 47.3 Å². The topological polar surface area (TPSA) is 58.9 Å². The normalized spacial score (nSPS) is 10.4. The van der Waals surface area contributed by atoms with Crippen LogP contribution in [0.25, 0.3) is 22.0 Å². The molecular formula is C15H11BrCl2N2O. The third-order valence-corrected chi connectivity index (χ3v) is 3.78. The number of benzene rings is 2. The zero-order valence-electron chi connectivity index (χ0n) is 10.7. The lowest BCUT2D eigenvalue weighted by molar-refractivity contribution is 1.28. The Hall–Kier alpha value is -1.49. The van der Waals surface area contributed by atoms with E-state index in [9.17, 15) is 4.79 Å². The van der Waals surface area contributed by atoms with E-state index in [1.807, 2.05) is 0 Å². The molecule has 0 bridgehead atoms. The lowest BCUT2D eigenvalue weighted by Gasteiger charge is -2.09. The standard InChI is InChI=1S/C15H10Cl2N2O.BrH/c16-10-4-2-5-11(17)14(10)13-7-9-8(15(20)19-13)3-1-6-12(9)18;/h1-7H,18H2,(H,19,20);1H. The van der Waals surface area contributed by atoms with Gasteiger partial charge in [0.25, 0.3) is 5.56 Å². The first-order valence-corrected chi connectivity index (χ1v) is 6.69. The molecule has 0 saturated heterocycles. The maximum Gasteiger partial charge on any atom is 0.256 e. The van der Waals surface area contributed by atoms with E-state index < -0.39 is 0 Å². The summed E-state index contributed by atoms with van der Waals surface area (Å²) in [5.74, 6) is 0. The van der Waals surface area contributed by atoms with Crippen LogP contribution >= 0.6 is 40.2 Å². The molecule has 0 aliphatic heterocycles. The van der Waals surface area contributed by atoms with Crippen molar-refractivity contribution in [2.24, 2.45) is 0 Å². The molecule has 3 rings (SSSR count). The van der Waals surface area contributed by atoms with Crippen molar-refractivity contribution in [3.8, 4) is 11.3 Å². The van der Waals surface area contributed by atoms with Gasteiger partial charge in [-0.2, -0.15) is 0 Å². The monoisotopic (exact) mass is 384 g/mol. The molecule has 21 heavy (non-hydrogen) atoms. The summed E-state index contributed by atoms with van der Waals surface area (Å²) in [4.78, 5) is 14.9. The number of pyridine rings is 1. The Morgan fingerprint density at radius 2 is 1.57 bits per heavy atom. The quantitative estimate of drug-likeness (QED) is 0.598. The number of H-pyrrole nitrogens is 1. The van der Waals surface area contributed by atoms with Crippen molar-refractivity contribution in [3.63, 3.8) is 0 Å². The summed E-state index contributed by atoms with van der Waals surface area (Å²) in [7, 11) is 0. The Morgan fingerprint density at radius 3 is 2.24 bits per heavy atom. The fourth-order valence-corrected chi connectivity index (χ4v) is 2.80. The summed E-state index contributed by atoms with van der Waals surface area (Å²) in [6, 6.07) is 12.2. The Morgan fingerprint density at radius 1 is 0.952 bits per heavy atom. The second kappa shape index (κ2) is 6.10. The molecule has 0 aliphatic rings. The van der Waals surface area contributed by atoms with Crippen LogP contribution in [-0.4, -0.2) is 4.98 Å². The molecule has 108 valence electrons. The third kappa shape index (κ3) is 2.79. The highest BCUT2D eigenvalue weighted by atomic mass is 79.9. The first-order chi connectivity index (χ1) is 9.58. The van der Waals surface area contributed by atoms with Crippen LogP contribution in [0.3, 0.4) is 0 Å². The van der Waals surface area contributed by atoms with E-state index in [0.717, 1.165) is 0 Å². The number of fused-ring (bicyclic) bond motifs is 1. The second-order valence-electron chi connectivity index (χ2n) is 4.42. The van der Waals surface area contributed by atoms with Crippen molar-refractivity contribution in [3.05, 3.63) is 62.9 Å². The molecule has 0 unspecified atom stereocenters. The molecule has 0 aliphatic carbocycles. The summed E-state index contributed by atoms with van der Waals surface area (Å²) < 4.78 is 0. The minimum Gasteiger partial charge on any atom is -0.398 e. The molecule has 3 nitrogen and oxygen atoms in total. The van der Waals surface area contributed by atoms with Crippen LogP contribution < -0.4 is 11.3 Å². The first-order valence-electron chi connectivity index (χ1n) is 5.94. The Kier molecular flexibility index (Phi) is 4.61. The van der Waals surface area contributed by atoms with Crippen molar-refractivity contribution in [2.75, 3.05) is 5.73 Å². The van der Waals surface area contributed by atoms with Crippen molar-refractivity contribution in [1.82, 2.24) is 4.98 Å². The van der Waals surface area contributed by atoms with E-state index in [-0.39, 0.29) is 22.5 Å². The van der Waals surface area contributed by atoms with Gasteiger partial charge in [0.05, 0.1) is 15.7 Å². The van der Waals surface area contributed by atoms with Crippen LogP contribution in [0.5, 0.6) is 0 Å². The van der Waals surface area contributed by atoms with Gasteiger partial charge in [0.2, 0.25) is 0 Å². The number of nitrogen functional groups attached to an aromatic ring is 1. The SMILES string of the molecule is Br.Nc1cccc2c(=O)[nH]c(-c3c(Cl)cccc3Cl)cc12. The molecule has 1 heterocycles. The predicted octanol–water partition coefficient (Wildman–Crippen LogP) is 4.66. The number of nitrogens with one attached hydrogen (secondary N) is 1. The summed E-state index contributed by atoms with van der Waals surface area (Å²) >= 11 is 12.3. The van der Waals surface area contributed by atoms with Crippen LogP contribution in [-0.2, 0) is 0 Å². The molecule has 0 radical (unpaired) electrons. The fourth-order valence-electron chi connectivity index (χ4n) is 2.20. The molecule has 2 aromatic carbocycles. The fraction of sp³-hybridized carbons (Fsp3) is 0. The molecule has 0 amide bonds. The predicted molar refractivity (Wildman–Crippen MR) is 94.8 cm³/mol. The lowest BCUT2D eigenvalue weighted by Crippen LogP contribution is -2.08. The number of aromatic amines is 1. The Bertz CT molecular complexity index is 857. The molecule has 3 aromatic rings. The highest BCUT2D eigenvalue weighted by Crippen LogP contribution is 2.34. The average Bonchev–Trinajstić information content (AvgIpc) is 2.40. The Balaban J connectivity index is 0.00000161. The van der Waals surface area contributed by atoms with Crippen molar-refractivity contribution in [2.45, 2.75) is 0 Å². The number of rotatable bonds is 1. The maximum absolute atomic E-state index is 12.2. The van der Waals surface area contributed by atoms with E-state index >= 15 is 0 Å². The first kappa shape index (κ1) is 15.9. The highest BCUT2D eigenvalue weighted by molar-refractivity contribution is 8.93. The van der Waals surface area contributed by atoms with Crippen LogP contribution in [0.2, 0.25) is 10.0 Å². The van der Waals surface area contributed by atoms with Crippen molar-refractivity contribution < 1.29 is 0 Å². The van der Waals surface area contributed by atoms with E-state index in [4.69, 9.17) is 28.9 Å². The number of nitrogens with two attached hydrogens (primary N) is 1. The highest BCUT2D eigenvalue weighted by Gasteiger charge is 2.11. The smallest absolute Gasteiger partial charge is 0.256 e. The number of aromatic nitrogens is 1. The van der Waals surface area contributed by atoms with E-state index in [1.165, 1.54) is 0 Å². The third-order valence-electron chi connectivity index (χ3n) is 3.15. The molecule has 0 saturated carbocycles.